The van der Waals surface area contributed by atoms with E-state index in [9.17, 15) is 5.11 Å². The minimum Gasteiger partial charge on any atom is -0.393 e. The number of anilines is 1. The van der Waals surface area contributed by atoms with E-state index in [1.807, 2.05) is 0 Å². The Balaban J connectivity index is 1.47. The molecule has 1 saturated carbocycles. The lowest BCUT2D eigenvalue weighted by Gasteiger charge is -2.16. The first-order valence-electron chi connectivity index (χ1n) is 9.54. The topological polar surface area (TPSA) is 63.0 Å². The second-order valence-electron chi connectivity index (χ2n) is 7.79. The maximum Gasteiger partial charge on any atom is 0.145 e. The third-order valence-corrected chi connectivity index (χ3v) is 6.16. The van der Waals surface area contributed by atoms with E-state index in [0.29, 0.717) is 18.0 Å². The van der Waals surface area contributed by atoms with Crippen LogP contribution >= 0.6 is 0 Å². The van der Waals surface area contributed by atoms with Gasteiger partial charge in [-0.15, -0.1) is 0 Å². The maximum atomic E-state index is 10.1. The molecule has 2 heterocycles. The summed E-state index contributed by atoms with van der Waals surface area (Å²) in [6.07, 6.45) is 7.53. The second kappa shape index (κ2) is 6.09. The Morgan fingerprint density at radius 2 is 2.04 bits per heavy atom. The molecular formula is C21H24N4O. The normalized spacial score (nSPS) is 27.8. The van der Waals surface area contributed by atoms with Gasteiger partial charge in [0.25, 0.3) is 0 Å². The van der Waals surface area contributed by atoms with E-state index < -0.39 is 0 Å². The highest BCUT2D eigenvalue weighted by Crippen LogP contribution is 2.38. The van der Waals surface area contributed by atoms with Crippen molar-refractivity contribution in [2.24, 2.45) is 5.92 Å². The van der Waals surface area contributed by atoms with Crippen molar-refractivity contribution in [1.29, 1.82) is 0 Å². The Morgan fingerprint density at radius 1 is 1.15 bits per heavy atom. The molecule has 0 saturated heterocycles. The lowest BCUT2D eigenvalue weighted by atomic mass is 10.1. The molecule has 0 aliphatic heterocycles. The van der Waals surface area contributed by atoms with Gasteiger partial charge in [-0.2, -0.15) is 0 Å². The summed E-state index contributed by atoms with van der Waals surface area (Å²) in [5.41, 5.74) is 3.77. The summed E-state index contributed by atoms with van der Waals surface area (Å²) in [6.45, 7) is 2.12. The molecule has 1 aromatic carbocycles. The van der Waals surface area contributed by atoms with Crippen molar-refractivity contribution in [2.75, 3.05) is 5.32 Å². The molecule has 0 bridgehead atoms. The summed E-state index contributed by atoms with van der Waals surface area (Å²) < 4.78 is 2.22. The molecule has 0 amide bonds. The van der Waals surface area contributed by atoms with Crippen LogP contribution in [0.15, 0.2) is 42.9 Å². The number of nitrogens with one attached hydrogen (secondary N) is 1. The largest absolute Gasteiger partial charge is 0.393 e. The van der Waals surface area contributed by atoms with Crippen molar-refractivity contribution >= 4 is 16.9 Å². The molecule has 2 aromatic heterocycles. The number of aromatic nitrogens is 3. The predicted octanol–water partition coefficient (Wildman–Crippen LogP) is 3.86. The highest BCUT2D eigenvalue weighted by atomic mass is 16.3. The molecule has 3 aromatic rings. The fourth-order valence-corrected chi connectivity index (χ4v) is 4.67. The van der Waals surface area contributed by atoms with E-state index in [0.717, 1.165) is 42.5 Å². The van der Waals surface area contributed by atoms with E-state index in [4.69, 9.17) is 0 Å². The van der Waals surface area contributed by atoms with E-state index >= 15 is 0 Å². The molecule has 5 rings (SSSR count). The summed E-state index contributed by atoms with van der Waals surface area (Å²) in [5, 5.41) is 14.8. The van der Waals surface area contributed by atoms with E-state index in [1.54, 1.807) is 6.33 Å². The molecule has 2 N–H and O–H groups in total. The lowest BCUT2D eigenvalue weighted by molar-refractivity contribution is 0.139. The molecule has 5 heteroatoms. The third kappa shape index (κ3) is 2.50. The van der Waals surface area contributed by atoms with Gasteiger partial charge in [-0.1, -0.05) is 31.2 Å². The van der Waals surface area contributed by atoms with Gasteiger partial charge >= 0.3 is 0 Å². The van der Waals surface area contributed by atoms with Crippen molar-refractivity contribution in [2.45, 2.75) is 50.8 Å². The molecule has 0 unspecified atom stereocenters. The molecule has 0 radical (unpaired) electrons. The van der Waals surface area contributed by atoms with Gasteiger partial charge in [0.1, 0.15) is 17.8 Å². The number of rotatable bonds is 3. The number of hydrogen-bond donors (Lipinski definition) is 2. The molecule has 1 fully saturated rings. The Hall–Kier alpha value is -2.40. The Morgan fingerprint density at radius 3 is 2.88 bits per heavy atom. The highest BCUT2D eigenvalue weighted by molar-refractivity contribution is 5.87. The second-order valence-corrected chi connectivity index (χ2v) is 7.79. The number of nitrogens with zero attached hydrogens (tertiary/aromatic N) is 3. The van der Waals surface area contributed by atoms with Crippen LogP contribution in [-0.2, 0) is 6.42 Å². The average molecular weight is 348 g/mol. The number of hydrogen-bond acceptors (Lipinski definition) is 4. The van der Waals surface area contributed by atoms with Crippen LogP contribution in [0.2, 0.25) is 0 Å². The van der Waals surface area contributed by atoms with Crippen molar-refractivity contribution in [3.8, 4) is 0 Å². The van der Waals surface area contributed by atoms with Gasteiger partial charge in [0.2, 0.25) is 0 Å². The van der Waals surface area contributed by atoms with Gasteiger partial charge < -0.3 is 15.0 Å². The van der Waals surface area contributed by atoms with E-state index in [2.05, 4.69) is 63.3 Å². The fourth-order valence-electron chi connectivity index (χ4n) is 4.67. The van der Waals surface area contributed by atoms with E-state index in [-0.39, 0.29) is 6.10 Å². The number of aliphatic hydroxyl groups is 1. The molecule has 26 heavy (non-hydrogen) atoms. The van der Waals surface area contributed by atoms with Gasteiger partial charge in [0, 0.05) is 12.2 Å². The molecule has 0 spiro atoms. The fraction of sp³-hybridized carbons (Fsp3) is 0.429. The number of benzene rings is 1. The third-order valence-electron chi connectivity index (χ3n) is 6.16. The smallest absolute Gasteiger partial charge is 0.145 e. The number of aryl methyl sites for hydroxylation is 1. The van der Waals surface area contributed by atoms with Gasteiger partial charge in [0.15, 0.2) is 0 Å². The van der Waals surface area contributed by atoms with Crippen molar-refractivity contribution in [1.82, 2.24) is 14.5 Å². The zero-order chi connectivity index (χ0) is 17.7. The minimum atomic E-state index is -0.216. The van der Waals surface area contributed by atoms with Crippen LogP contribution < -0.4 is 5.32 Å². The van der Waals surface area contributed by atoms with Crippen LogP contribution in [0.1, 0.15) is 49.4 Å². The van der Waals surface area contributed by atoms with Crippen molar-refractivity contribution in [3.05, 3.63) is 54.0 Å². The summed E-state index contributed by atoms with van der Waals surface area (Å²) in [6, 6.07) is 11.4. The summed E-state index contributed by atoms with van der Waals surface area (Å²) in [4.78, 5) is 9.07. The quantitative estimate of drug-likeness (QED) is 0.754. The van der Waals surface area contributed by atoms with Gasteiger partial charge in [-0.3, -0.25) is 0 Å². The maximum absolute atomic E-state index is 10.1. The van der Waals surface area contributed by atoms with Crippen molar-refractivity contribution < 1.29 is 5.11 Å². The summed E-state index contributed by atoms with van der Waals surface area (Å²) in [5.74, 6) is 1.24. The first kappa shape index (κ1) is 15.8. The SMILES string of the molecule is C[C@H]1C[C@@H](n2ccc3c(N[C@H]4CCc5ccccc54)ncnc32)C[C@@H]1O. The number of fused-ring (bicyclic) bond motifs is 2. The van der Waals surface area contributed by atoms with Crippen molar-refractivity contribution in [3.63, 3.8) is 0 Å². The first-order valence-corrected chi connectivity index (χ1v) is 9.54. The van der Waals surface area contributed by atoms with Crippen LogP contribution in [-0.4, -0.2) is 25.7 Å². The van der Waals surface area contributed by atoms with Gasteiger partial charge in [-0.05, 0) is 48.8 Å². The zero-order valence-corrected chi connectivity index (χ0v) is 15.0. The van der Waals surface area contributed by atoms with Crippen LogP contribution in [0.4, 0.5) is 5.82 Å². The molecule has 134 valence electrons. The Bertz CT molecular complexity index is 940. The zero-order valence-electron chi connectivity index (χ0n) is 15.0. The highest BCUT2D eigenvalue weighted by Gasteiger charge is 2.32. The molecule has 5 nitrogen and oxygen atoms in total. The molecular weight excluding hydrogens is 324 g/mol. The predicted molar refractivity (Wildman–Crippen MR) is 102 cm³/mol. The monoisotopic (exact) mass is 348 g/mol. The Kier molecular flexibility index (Phi) is 3.71. The standard InChI is InChI=1S/C21H24N4O/c1-13-10-15(11-19(13)26)25-9-8-17-20(22-12-23-21(17)25)24-18-7-6-14-4-2-3-5-16(14)18/h2-5,8-9,12-13,15,18-19,26H,6-7,10-11H2,1H3,(H,22,23,24)/t13-,15+,18-,19-/m0/s1. The van der Waals surface area contributed by atoms with Crippen LogP contribution in [0.5, 0.6) is 0 Å². The van der Waals surface area contributed by atoms with Crippen LogP contribution in [0, 0.1) is 5.92 Å². The van der Waals surface area contributed by atoms with Crippen LogP contribution in [0.25, 0.3) is 11.0 Å². The summed E-state index contributed by atoms with van der Waals surface area (Å²) in [7, 11) is 0. The van der Waals surface area contributed by atoms with E-state index in [1.165, 1.54) is 11.1 Å². The molecule has 4 atom stereocenters. The number of aliphatic hydroxyl groups excluding tert-OH is 1. The van der Waals surface area contributed by atoms with Gasteiger partial charge in [-0.25, -0.2) is 9.97 Å². The molecule has 2 aliphatic rings. The summed E-state index contributed by atoms with van der Waals surface area (Å²) >= 11 is 0. The van der Waals surface area contributed by atoms with Crippen LogP contribution in [0.3, 0.4) is 0 Å². The lowest BCUT2D eigenvalue weighted by Crippen LogP contribution is -2.10. The Labute approximate surface area is 153 Å². The molecule has 2 aliphatic carbocycles. The first-order chi connectivity index (χ1) is 12.7. The average Bonchev–Trinajstić information content (AvgIpc) is 3.34. The minimum absolute atomic E-state index is 0.216. The van der Waals surface area contributed by atoms with Gasteiger partial charge in [0.05, 0.1) is 17.5 Å².